The standard InChI is InChI=1S/C26H50N2O7SSi/c1-18(35-37(9,10)24(2,3)4)15-19(29)16-21(31)36-14-13-27-20(30)11-12-28-23(32)22-25(5,6)17-33-26(7,8)34-22/h18-19,22,29H,11-17H2,1-10H3,(H,27,30)(H,28,32)/t18-,19+,22+/m1/s1. The van der Waals surface area contributed by atoms with Gasteiger partial charge in [0.2, 0.25) is 11.8 Å². The molecule has 9 nitrogen and oxygen atoms in total. The van der Waals surface area contributed by atoms with Gasteiger partial charge in [-0.25, -0.2) is 0 Å². The fourth-order valence-electron chi connectivity index (χ4n) is 3.60. The molecule has 1 rings (SSSR count). The smallest absolute Gasteiger partial charge is 0.249 e. The molecule has 3 atom stereocenters. The van der Waals surface area contributed by atoms with Gasteiger partial charge >= 0.3 is 0 Å². The van der Waals surface area contributed by atoms with Crippen molar-refractivity contribution >= 4 is 37.0 Å². The number of nitrogens with one attached hydrogen (secondary N) is 2. The van der Waals surface area contributed by atoms with Gasteiger partial charge in [0.15, 0.2) is 19.2 Å². The normalized spacial score (nSPS) is 21.1. The van der Waals surface area contributed by atoms with Crippen LogP contribution in [-0.2, 0) is 28.3 Å². The summed E-state index contributed by atoms with van der Waals surface area (Å²) in [5, 5.41) is 15.8. The van der Waals surface area contributed by atoms with E-state index in [1.807, 2.05) is 20.8 Å². The fourth-order valence-corrected chi connectivity index (χ4v) is 5.80. The Morgan fingerprint density at radius 3 is 2.35 bits per heavy atom. The van der Waals surface area contributed by atoms with Crippen LogP contribution in [0.4, 0.5) is 0 Å². The molecule has 1 aliphatic rings. The van der Waals surface area contributed by atoms with Gasteiger partial charge in [0.1, 0.15) is 6.10 Å². The molecule has 3 N–H and O–H groups in total. The molecule has 0 aliphatic carbocycles. The monoisotopic (exact) mass is 562 g/mol. The molecule has 0 radical (unpaired) electrons. The van der Waals surface area contributed by atoms with Crippen LogP contribution in [-0.4, -0.2) is 79.9 Å². The van der Waals surface area contributed by atoms with Crippen molar-refractivity contribution < 1.29 is 33.4 Å². The number of thioether (sulfide) groups is 1. The van der Waals surface area contributed by atoms with Crippen molar-refractivity contribution in [2.75, 3.05) is 25.4 Å². The first-order valence-electron chi connectivity index (χ1n) is 13.1. The number of rotatable bonds is 13. The highest BCUT2D eigenvalue weighted by atomic mass is 32.2. The molecule has 11 heteroatoms. The van der Waals surface area contributed by atoms with E-state index >= 15 is 0 Å². The van der Waals surface area contributed by atoms with Crippen molar-refractivity contribution in [3.05, 3.63) is 0 Å². The molecule has 0 unspecified atom stereocenters. The van der Waals surface area contributed by atoms with Crippen LogP contribution in [0.5, 0.6) is 0 Å². The molecule has 0 bridgehead atoms. The van der Waals surface area contributed by atoms with Crippen molar-refractivity contribution in [1.82, 2.24) is 10.6 Å². The number of aliphatic hydroxyl groups is 1. The molecular weight excluding hydrogens is 512 g/mol. The SMILES string of the molecule is C[C@H](C[C@H](O)CC(=O)SCCNC(=O)CCNC(=O)[C@@H]1OC(C)(C)OCC1(C)C)O[Si](C)(C)C(C)(C)C. The Labute approximate surface area is 228 Å². The van der Waals surface area contributed by atoms with E-state index in [1.54, 1.807) is 13.8 Å². The number of amides is 2. The predicted molar refractivity (Wildman–Crippen MR) is 150 cm³/mol. The largest absolute Gasteiger partial charge is 0.414 e. The lowest BCUT2D eigenvalue weighted by Gasteiger charge is -2.44. The summed E-state index contributed by atoms with van der Waals surface area (Å²) in [6.45, 7) is 21.0. The zero-order valence-corrected chi connectivity index (χ0v) is 26.3. The Morgan fingerprint density at radius 1 is 1.14 bits per heavy atom. The Kier molecular flexibility index (Phi) is 12.8. The van der Waals surface area contributed by atoms with Crippen molar-refractivity contribution in [3.8, 4) is 0 Å². The van der Waals surface area contributed by atoms with Crippen LogP contribution in [0.25, 0.3) is 0 Å². The zero-order valence-electron chi connectivity index (χ0n) is 24.5. The quantitative estimate of drug-likeness (QED) is 0.230. The predicted octanol–water partition coefficient (Wildman–Crippen LogP) is 3.60. The number of hydrogen-bond donors (Lipinski definition) is 3. The van der Waals surface area contributed by atoms with Crippen LogP contribution in [0.1, 0.15) is 74.7 Å². The molecule has 1 aliphatic heterocycles. The van der Waals surface area contributed by atoms with E-state index in [0.717, 1.165) is 11.8 Å². The van der Waals surface area contributed by atoms with E-state index < -0.39 is 31.7 Å². The summed E-state index contributed by atoms with van der Waals surface area (Å²) in [5.41, 5.74) is -0.477. The van der Waals surface area contributed by atoms with Crippen molar-refractivity contribution in [1.29, 1.82) is 0 Å². The summed E-state index contributed by atoms with van der Waals surface area (Å²) in [6.07, 6.45) is -0.954. The Balaban J connectivity index is 2.24. The maximum atomic E-state index is 12.6. The highest BCUT2D eigenvalue weighted by Gasteiger charge is 2.45. The van der Waals surface area contributed by atoms with Crippen LogP contribution >= 0.6 is 11.8 Å². The summed E-state index contributed by atoms with van der Waals surface area (Å²) in [6, 6.07) is 0. The second kappa shape index (κ2) is 13.9. The van der Waals surface area contributed by atoms with Crippen molar-refractivity contribution in [3.63, 3.8) is 0 Å². The molecule has 216 valence electrons. The minimum Gasteiger partial charge on any atom is -0.414 e. The van der Waals surface area contributed by atoms with Crippen LogP contribution in [0, 0.1) is 5.41 Å². The summed E-state index contributed by atoms with van der Waals surface area (Å²) >= 11 is 1.09. The lowest BCUT2D eigenvalue weighted by Crippen LogP contribution is -2.56. The molecular formula is C26H50N2O7SSi. The molecule has 1 saturated heterocycles. The number of hydrogen-bond acceptors (Lipinski definition) is 8. The van der Waals surface area contributed by atoms with E-state index in [1.165, 1.54) is 0 Å². The fraction of sp³-hybridized carbons (Fsp3) is 0.885. The molecule has 37 heavy (non-hydrogen) atoms. The second-order valence-electron chi connectivity index (χ2n) is 12.6. The molecule has 0 saturated carbocycles. The molecule has 0 aromatic carbocycles. The molecule has 0 aromatic heterocycles. The first-order chi connectivity index (χ1) is 16.8. The summed E-state index contributed by atoms with van der Waals surface area (Å²) < 4.78 is 17.7. The van der Waals surface area contributed by atoms with Crippen molar-refractivity contribution in [2.24, 2.45) is 5.41 Å². The third-order valence-corrected chi connectivity index (χ3v) is 12.3. The molecule has 2 amide bonds. The van der Waals surface area contributed by atoms with Crippen LogP contribution in [0.3, 0.4) is 0 Å². The molecule has 1 fully saturated rings. The Hall–Kier alpha value is -0.983. The second-order valence-corrected chi connectivity index (χ2v) is 18.5. The van der Waals surface area contributed by atoms with Gasteiger partial charge in [0.25, 0.3) is 0 Å². The maximum Gasteiger partial charge on any atom is 0.249 e. The van der Waals surface area contributed by atoms with Crippen LogP contribution < -0.4 is 10.6 Å². The van der Waals surface area contributed by atoms with Crippen LogP contribution in [0.15, 0.2) is 0 Å². The first-order valence-corrected chi connectivity index (χ1v) is 17.0. The molecule has 0 spiro atoms. The first kappa shape index (κ1) is 34.0. The van der Waals surface area contributed by atoms with Gasteiger partial charge in [-0.15, -0.1) is 0 Å². The Morgan fingerprint density at radius 2 is 1.76 bits per heavy atom. The average Bonchev–Trinajstić information content (AvgIpc) is 2.71. The summed E-state index contributed by atoms with van der Waals surface area (Å²) in [4.78, 5) is 36.9. The zero-order chi connectivity index (χ0) is 28.7. The minimum absolute atomic E-state index is 0.0529. The number of aliphatic hydroxyl groups excluding tert-OH is 1. The average molecular weight is 563 g/mol. The van der Waals surface area contributed by atoms with Gasteiger partial charge in [-0.3, -0.25) is 14.4 Å². The molecule has 1 heterocycles. The van der Waals surface area contributed by atoms with Gasteiger partial charge < -0.3 is 29.6 Å². The highest BCUT2D eigenvalue weighted by Crippen LogP contribution is 2.38. The lowest BCUT2D eigenvalue weighted by molar-refractivity contribution is -0.304. The van der Waals surface area contributed by atoms with Gasteiger partial charge in [0, 0.05) is 43.2 Å². The Bertz CT molecular complexity index is 783. The van der Waals surface area contributed by atoms with E-state index in [4.69, 9.17) is 13.9 Å². The summed E-state index contributed by atoms with van der Waals surface area (Å²) in [7, 11) is -1.92. The van der Waals surface area contributed by atoms with Gasteiger partial charge in [0.05, 0.1) is 12.7 Å². The van der Waals surface area contributed by atoms with Gasteiger partial charge in [-0.05, 0) is 45.3 Å². The van der Waals surface area contributed by atoms with E-state index in [9.17, 15) is 19.5 Å². The van der Waals surface area contributed by atoms with E-state index in [-0.39, 0.29) is 47.5 Å². The van der Waals surface area contributed by atoms with E-state index in [0.29, 0.717) is 25.3 Å². The third-order valence-electron chi connectivity index (χ3n) is 6.79. The van der Waals surface area contributed by atoms with E-state index in [2.05, 4.69) is 44.5 Å². The molecule has 0 aromatic rings. The topological polar surface area (TPSA) is 123 Å². The lowest BCUT2D eigenvalue weighted by atomic mass is 9.85. The van der Waals surface area contributed by atoms with Gasteiger partial charge in [-0.2, -0.15) is 0 Å². The summed E-state index contributed by atoms with van der Waals surface area (Å²) in [5.74, 6) is -0.897. The van der Waals surface area contributed by atoms with Crippen molar-refractivity contribution in [2.45, 2.75) is 117 Å². The van der Waals surface area contributed by atoms with Crippen LogP contribution in [0.2, 0.25) is 18.1 Å². The maximum absolute atomic E-state index is 12.6. The minimum atomic E-state index is -1.92. The number of carbonyl (C=O) groups is 3. The number of carbonyl (C=O) groups excluding carboxylic acids is 3. The van der Waals surface area contributed by atoms with Gasteiger partial charge in [-0.1, -0.05) is 46.4 Å². The highest BCUT2D eigenvalue weighted by molar-refractivity contribution is 8.13. The number of ether oxygens (including phenoxy) is 2. The third kappa shape index (κ3) is 12.2.